The highest BCUT2D eigenvalue weighted by Crippen LogP contribution is 2.32. The smallest absolute Gasteiger partial charge is 0.302 e. The maximum absolute atomic E-state index is 11.3. The third kappa shape index (κ3) is 4.59. The van der Waals surface area contributed by atoms with Gasteiger partial charge in [0.25, 0.3) is 0 Å². The number of ether oxygens (including phenoxy) is 1. The molecule has 1 amide bonds. The lowest BCUT2D eigenvalue weighted by atomic mass is 9.92. The molecule has 0 fully saturated rings. The SMILES string of the molecule is CC(=O)NCc1ccc(COC(C)=O)c(-c2nc3c(Cl)c(C(C)(C)C)[nH]n3n2)c1. The number of aromatic amines is 1. The second-order valence-corrected chi connectivity index (χ2v) is 8.28. The summed E-state index contributed by atoms with van der Waals surface area (Å²) >= 11 is 6.53. The summed E-state index contributed by atoms with van der Waals surface area (Å²) in [6.07, 6.45) is 0. The Morgan fingerprint density at radius 2 is 2.00 bits per heavy atom. The van der Waals surface area contributed by atoms with Crippen LogP contribution in [0, 0.1) is 0 Å². The van der Waals surface area contributed by atoms with E-state index >= 15 is 0 Å². The van der Waals surface area contributed by atoms with Crippen molar-refractivity contribution in [1.82, 2.24) is 25.1 Å². The van der Waals surface area contributed by atoms with E-state index in [1.54, 1.807) is 4.63 Å². The molecule has 0 saturated heterocycles. The Balaban J connectivity index is 2.05. The summed E-state index contributed by atoms with van der Waals surface area (Å²) in [5, 5.41) is 11.0. The number of hydrogen-bond donors (Lipinski definition) is 2. The van der Waals surface area contributed by atoms with Crippen molar-refractivity contribution in [1.29, 1.82) is 0 Å². The molecular weight excluding hydrogens is 394 g/mol. The second kappa shape index (κ2) is 7.87. The summed E-state index contributed by atoms with van der Waals surface area (Å²) < 4.78 is 6.72. The molecule has 3 aromatic rings. The fraction of sp³-hybridized carbons (Fsp3) is 0.400. The normalized spacial score (nSPS) is 11.7. The first kappa shape index (κ1) is 20.9. The van der Waals surface area contributed by atoms with E-state index in [1.807, 2.05) is 39.0 Å². The first-order chi connectivity index (χ1) is 13.6. The molecule has 0 bridgehead atoms. The molecule has 0 aliphatic heterocycles. The van der Waals surface area contributed by atoms with Crippen LogP contribution in [0.4, 0.5) is 0 Å². The predicted octanol–water partition coefficient (Wildman–Crippen LogP) is 3.37. The standard InChI is InChI=1S/C20H24ClN5O3/c1-11(27)22-9-13-6-7-14(10-29-12(2)28)15(8-13)18-23-19-16(21)17(20(3,4)5)24-26(19)25-18/h6-8,24H,9-10H2,1-5H3,(H,22,27). The lowest BCUT2D eigenvalue weighted by Crippen LogP contribution is -2.19. The Morgan fingerprint density at radius 3 is 2.59 bits per heavy atom. The first-order valence-corrected chi connectivity index (χ1v) is 9.58. The van der Waals surface area contributed by atoms with Gasteiger partial charge in [-0.1, -0.05) is 44.5 Å². The van der Waals surface area contributed by atoms with Crippen LogP contribution in [0.2, 0.25) is 5.02 Å². The van der Waals surface area contributed by atoms with Gasteiger partial charge in [0.15, 0.2) is 11.5 Å². The Hall–Kier alpha value is -2.87. The summed E-state index contributed by atoms with van der Waals surface area (Å²) in [4.78, 5) is 27.1. The van der Waals surface area contributed by atoms with Crippen LogP contribution < -0.4 is 5.32 Å². The molecule has 8 nitrogen and oxygen atoms in total. The highest BCUT2D eigenvalue weighted by molar-refractivity contribution is 6.34. The van der Waals surface area contributed by atoms with Gasteiger partial charge in [-0.3, -0.25) is 14.7 Å². The van der Waals surface area contributed by atoms with Gasteiger partial charge >= 0.3 is 5.97 Å². The van der Waals surface area contributed by atoms with Crippen molar-refractivity contribution >= 4 is 29.1 Å². The van der Waals surface area contributed by atoms with Crippen LogP contribution in [0.15, 0.2) is 18.2 Å². The van der Waals surface area contributed by atoms with Crippen LogP contribution in [0.5, 0.6) is 0 Å². The largest absolute Gasteiger partial charge is 0.461 e. The number of esters is 1. The van der Waals surface area contributed by atoms with E-state index in [1.165, 1.54) is 13.8 Å². The van der Waals surface area contributed by atoms with Gasteiger partial charge < -0.3 is 10.1 Å². The van der Waals surface area contributed by atoms with Crippen LogP contribution in [0.25, 0.3) is 17.0 Å². The molecule has 154 valence electrons. The van der Waals surface area contributed by atoms with E-state index < -0.39 is 0 Å². The third-order valence-corrected chi connectivity index (χ3v) is 4.74. The number of carbonyl (C=O) groups is 2. The number of aromatic nitrogens is 4. The summed E-state index contributed by atoms with van der Waals surface area (Å²) in [6.45, 7) is 9.44. The van der Waals surface area contributed by atoms with Crippen molar-refractivity contribution in [3.8, 4) is 11.4 Å². The molecule has 29 heavy (non-hydrogen) atoms. The van der Waals surface area contributed by atoms with Gasteiger partial charge in [0, 0.05) is 36.9 Å². The topological polar surface area (TPSA) is 101 Å². The zero-order valence-corrected chi connectivity index (χ0v) is 17.8. The van der Waals surface area contributed by atoms with Crippen molar-refractivity contribution in [3.05, 3.63) is 40.0 Å². The van der Waals surface area contributed by atoms with Crippen molar-refractivity contribution in [3.63, 3.8) is 0 Å². The number of amides is 1. The number of nitrogens with zero attached hydrogens (tertiary/aromatic N) is 3. The van der Waals surface area contributed by atoms with Crippen LogP contribution in [0.3, 0.4) is 0 Å². The van der Waals surface area contributed by atoms with Crippen molar-refractivity contribution < 1.29 is 14.3 Å². The number of H-pyrrole nitrogens is 1. The van der Waals surface area contributed by atoms with E-state index in [-0.39, 0.29) is 23.9 Å². The van der Waals surface area contributed by atoms with Gasteiger partial charge in [0.2, 0.25) is 5.91 Å². The summed E-state index contributed by atoms with van der Waals surface area (Å²) in [6, 6.07) is 5.58. The fourth-order valence-electron chi connectivity index (χ4n) is 2.88. The molecular formula is C20H24ClN5O3. The number of hydrogen-bond acceptors (Lipinski definition) is 5. The summed E-state index contributed by atoms with van der Waals surface area (Å²) in [5.74, 6) is -0.0445. The van der Waals surface area contributed by atoms with Gasteiger partial charge in [-0.2, -0.15) is 4.63 Å². The minimum atomic E-state index is -0.374. The first-order valence-electron chi connectivity index (χ1n) is 9.21. The van der Waals surface area contributed by atoms with Crippen LogP contribution >= 0.6 is 11.6 Å². The minimum absolute atomic E-state index is 0.0964. The monoisotopic (exact) mass is 417 g/mol. The predicted molar refractivity (Wildman–Crippen MR) is 109 cm³/mol. The second-order valence-electron chi connectivity index (χ2n) is 7.90. The Labute approximate surface area is 173 Å². The minimum Gasteiger partial charge on any atom is -0.461 e. The molecule has 9 heteroatoms. The molecule has 0 spiro atoms. The van der Waals surface area contributed by atoms with Gasteiger partial charge in [0.1, 0.15) is 11.6 Å². The molecule has 0 saturated carbocycles. The lowest BCUT2D eigenvalue weighted by molar-refractivity contribution is -0.142. The van der Waals surface area contributed by atoms with Crippen molar-refractivity contribution in [2.45, 2.75) is 53.2 Å². The maximum atomic E-state index is 11.3. The number of rotatable bonds is 5. The van der Waals surface area contributed by atoms with Crippen LogP contribution in [0.1, 0.15) is 51.4 Å². The summed E-state index contributed by atoms with van der Waals surface area (Å²) in [7, 11) is 0. The molecule has 1 aromatic carbocycles. The molecule has 0 radical (unpaired) electrons. The number of carbonyl (C=O) groups excluding carboxylic acids is 2. The highest BCUT2D eigenvalue weighted by Gasteiger charge is 2.25. The average molecular weight is 418 g/mol. The Bertz CT molecular complexity index is 1080. The van der Waals surface area contributed by atoms with Crippen LogP contribution in [-0.2, 0) is 32.9 Å². The van der Waals surface area contributed by atoms with E-state index in [9.17, 15) is 9.59 Å². The fourth-order valence-corrected chi connectivity index (χ4v) is 3.33. The zero-order chi connectivity index (χ0) is 21.3. The molecule has 0 aliphatic rings. The van der Waals surface area contributed by atoms with E-state index in [2.05, 4.69) is 20.5 Å². The molecule has 0 atom stereocenters. The Morgan fingerprint density at radius 1 is 1.28 bits per heavy atom. The van der Waals surface area contributed by atoms with Gasteiger partial charge in [-0.25, -0.2) is 4.98 Å². The number of benzene rings is 1. The molecule has 0 aliphatic carbocycles. The Kier molecular flexibility index (Phi) is 5.66. The third-order valence-electron chi connectivity index (χ3n) is 4.38. The quantitative estimate of drug-likeness (QED) is 0.619. The van der Waals surface area contributed by atoms with E-state index in [4.69, 9.17) is 16.3 Å². The number of fused-ring (bicyclic) bond motifs is 1. The van der Waals surface area contributed by atoms with Crippen LogP contribution in [-0.4, -0.2) is 31.7 Å². The number of halogens is 1. The lowest BCUT2D eigenvalue weighted by Gasteiger charge is -2.16. The maximum Gasteiger partial charge on any atom is 0.302 e. The molecule has 2 N–H and O–H groups in total. The molecule has 2 heterocycles. The van der Waals surface area contributed by atoms with Crippen molar-refractivity contribution in [2.75, 3.05) is 0 Å². The van der Waals surface area contributed by atoms with Gasteiger partial charge in [0.05, 0.1) is 5.69 Å². The number of nitrogens with one attached hydrogen (secondary N) is 2. The molecule has 3 rings (SSSR count). The average Bonchev–Trinajstić information content (AvgIpc) is 3.17. The van der Waals surface area contributed by atoms with Gasteiger partial charge in [-0.05, 0) is 11.6 Å². The van der Waals surface area contributed by atoms with E-state index in [0.29, 0.717) is 28.6 Å². The van der Waals surface area contributed by atoms with Gasteiger partial charge in [-0.15, -0.1) is 5.10 Å². The van der Waals surface area contributed by atoms with Crippen molar-refractivity contribution in [2.24, 2.45) is 0 Å². The summed E-state index contributed by atoms with van der Waals surface area (Å²) in [5.41, 5.74) is 3.53. The zero-order valence-electron chi connectivity index (χ0n) is 17.1. The molecule has 0 unspecified atom stereocenters. The molecule has 2 aromatic heterocycles. The van der Waals surface area contributed by atoms with E-state index in [0.717, 1.165) is 16.8 Å². The highest BCUT2D eigenvalue weighted by atomic mass is 35.5.